The van der Waals surface area contributed by atoms with Gasteiger partial charge in [0.05, 0.1) is 0 Å². The molecule has 0 aromatic carbocycles. The molecule has 0 aromatic heterocycles. The van der Waals surface area contributed by atoms with Crippen molar-refractivity contribution < 1.29 is 4.79 Å². The molecule has 1 amide bonds. The Morgan fingerprint density at radius 1 is 1.54 bits per heavy atom. The summed E-state index contributed by atoms with van der Waals surface area (Å²) < 4.78 is 0. The van der Waals surface area contributed by atoms with Gasteiger partial charge >= 0.3 is 0 Å². The van der Waals surface area contributed by atoms with Crippen molar-refractivity contribution in [3.63, 3.8) is 0 Å². The van der Waals surface area contributed by atoms with Crippen LogP contribution in [-0.4, -0.2) is 19.0 Å². The highest BCUT2D eigenvalue weighted by molar-refractivity contribution is 5.97. The van der Waals surface area contributed by atoms with Crippen molar-refractivity contribution in [3.05, 3.63) is 11.8 Å². The average Bonchev–Trinajstić information content (AvgIpc) is 2.16. The van der Waals surface area contributed by atoms with Crippen LogP contribution in [0.15, 0.2) is 11.8 Å². The first-order chi connectivity index (χ1) is 6.26. The van der Waals surface area contributed by atoms with Gasteiger partial charge in [-0.1, -0.05) is 6.92 Å². The molecule has 0 fully saturated rings. The van der Waals surface area contributed by atoms with Crippen molar-refractivity contribution in [2.24, 2.45) is 0 Å². The summed E-state index contributed by atoms with van der Waals surface area (Å²) in [6.45, 7) is 5.16. The minimum Gasteiger partial charge on any atom is -0.390 e. The van der Waals surface area contributed by atoms with Crippen LogP contribution >= 0.6 is 0 Å². The average molecular weight is 181 g/mol. The van der Waals surface area contributed by atoms with Gasteiger partial charge in [-0.05, 0) is 13.3 Å². The van der Waals surface area contributed by atoms with Gasteiger partial charge in [0.15, 0.2) is 0 Å². The van der Waals surface area contributed by atoms with E-state index in [0.717, 1.165) is 6.42 Å². The van der Waals surface area contributed by atoms with Gasteiger partial charge in [-0.2, -0.15) is 5.26 Å². The number of amides is 1. The van der Waals surface area contributed by atoms with Crippen LogP contribution in [0.4, 0.5) is 0 Å². The van der Waals surface area contributed by atoms with Gasteiger partial charge in [-0.15, -0.1) is 0 Å². The second kappa shape index (κ2) is 7.17. The molecule has 0 saturated heterocycles. The maximum absolute atomic E-state index is 11.2. The summed E-state index contributed by atoms with van der Waals surface area (Å²) in [6.07, 6.45) is 2.30. The van der Waals surface area contributed by atoms with E-state index < -0.39 is 0 Å². The second-order valence-corrected chi connectivity index (χ2v) is 2.48. The molecule has 0 aliphatic rings. The highest BCUT2D eigenvalue weighted by Crippen LogP contribution is 1.89. The molecule has 0 spiro atoms. The molecule has 4 heteroatoms. The number of hydrogen-bond donors (Lipinski definition) is 2. The van der Waals surface area contributed by atoms with Gasteiger partial charge in [0.25, 0.3) is 5.91 Å². The lowest BCUT2D eigenvalue weighted by Crippen LogP contribution is -2.26. The Balaban J connectivity index is 4.09. The summed E-state index contributed by atoms with van der Waals surface area (Å²) in [5.74, 6) is -0.315. The molecule has 13 heavy (non-hydrogen) atoms. The van der Waals surface area contributed by atoms with Gasteiger partial charge in [-0.25, -0.2) is 0 Å². The summed E-state index contributed by atoms with van der Waals surface area (Å²) in [5, 5.41) is 14.0. The fourth-order valence-corrected chi connectivity index (χ4v) is 0.686. The van der Waals surface area contributed by atoms with Gasteiger partial charge in [0.2, 0.25) is 0 Å². The number of nitriles is 1. The monoisotopic (exact) mass is 181 g/mol. The Morgan fingerprint density at radius 2 is 2.23 bits per heavy atom. The molecule has 0 saturated carbocycles. The van der Waals surface area contributed by atoms with Crippen molar-refractivity contribution in [2.45, 2.75) is 20.3 Å². The molecular weight excluding hydrogens is 166 g/mol. The number of carbonyl (C=O) groups excluding carboxylic acids is 1. The molecule has 0 radical (unpaired) electrons. The summed E-state index contributed by atoms with van der Waals surface area (Å²) in [7, 11) is 0. The number of nitrogens with one attached hydrogen (secondary N) is 2. The van der Waals surface area contributed by atoms with Crippen LogP contribution in [0.25, 0.3) is 0 Å². The predicted molar refractivity (Wildman–Crippen MR) is 50.7 cm³/mol. The Hall–Kier alpha value is -1.50. The van der Waals surface area contributed by atoms with Gasteiger partial charge in [0.1, 0.15) is 11.6 Å². The van der Waals surface area contributed by atoms with Crippen LogP contribution in [0, 0.1) is 11.3 Å². The highest BCUT2D eigenvalue weighted by Gasteiger charge is 2.05. The third-order valence-electron chi connectivity index (χ3n) is 1.35. The minimum atomic E-state index is -0.315. The lowest BCUT2D eigenvalue weighted by molar-refractivity contribution is -0.117. The second-order valence-electron chi connectivity index (χ2n) is 2.48. The summed E-state index contributed by atoms with van der Waals surface area (Å²) >= 11 is 0. The van der Waals surface area contributed by atoms with E-state index in [1.165, 1.54) is 6.20 Å². The topological polar surface area (TPSA) is 64.9 Å². The number of rotatable bonds is 5. The molecule has 0 bridgehead atoms. The van der Waals surface area contributed by atoms with Crippen molar-refractivity contribution in [1.29, 1.82) is 5.26 Å². The first-order valence-corrected chi connectivity index (χ1v) is 4.38. The Morgan fingerprint density at radius 3 is 2.69 bits per heavy atom. The SMILES string of the molecule is CCCNC(=O)/C(C#N)=C\NCC. The lowest BCUT2D eigenvalue weighted by atomic mass is 10.3. The zero-order valence-corrected chi connectivity index (χ0v) is 8.05. The molecule has 0 aliphatic heterocycles. The molecule has 0 heterocycles. The number of hydrogen-bond acceptors (Lipinski definition) is 3. The van der Waals surface area contributed by atoms with E-state index in [1.807, 2.05) is 19.9 Å². The molecule has 0 unspecified atom stereocenters. The molecule has 2 N–H and O–H groups in total. The van der Waals surface area contributed by atoms with E-state index in [4.69, 9.17) is 5.26 Å². The van der Waals surface area contributed by atoms with E-state index >= 15 is 0 Å². The van der Waals surface area contributed by atoms with Crippen LogP contribution < -0.4 is 10.6 Å². The first kappa shape index (κ1) is 11.5. The van der Waals surface area contributed by atoms with Crippen LogP contribution in [-0.2, 0) is 4.79 Å². The maximum atomic E-state index is 11.2. The smallest absolute Gasteiger partial charge is 0.263 e. The Labute approximate surface area is 78.6 Å². The molecule has 4 nitrogen and oxygen atoms in total. The van der Waals surface area contributed by atoms with Gasteiger partial charge in [-0.3, -0.25) is 4.79 Å². The summed E-state index contributed by atoms with van der Waals surface area (Å²) in [6, 6.07) is 1.83. The van der Waals surface area contributed by atoms with E-state index in [9.17, 15) is 4.79 Å². The van der Waals surface area contributed by atoms with Crippen molar-refractivity contribution in [1.82, 2.24) is 10.6 Å². The number of nitrogens with zero attached hydrogens (tertiary/aromatic N) is 1. The fraction of sp³-hybridized carbons (Fsp3) is 0.556. The lowest BCUT2D eigenvalue weighted by Gasteiger charge is -2.01. The maximum Gasteiger partial charge on any atom is 0.263 e. The summed E-state index contributed by atoms with van der Waals surface area (Å²) in [4.78, 5) is 11.2. The first-order valence-electron chi connectivity index (χ1n) is 4.38. The molecule has 0 aromatic rings. The number of carbonyl (C=O) groups is 1. The van der Waals surface area contributed by atoms with Crippen LogP contribution in [0.1, 0.15) is 20.3 Å². The third kappa shape index (κ3) is 4.86. The standard InChI is InChI=1S/C9H15N3O/c1-3-5-12-9(13)8(6-10)7-11-4-2/h7,11H,3-5H2,1-2H3,(H,12,13)/b8-7-. The van der Waals surface area contributed by atoms with Crippen molar-refractivity contribution in [2.75, 3.05) is 13.1 Å². The third-order valence-corrected chi connectivity index (χ3v) is 1.35. The molecule has 0 atom stereocenters. The van der Waals surface area contributed by atoms with Crippen LogP contribution in [0.5, 0.6) is 0 Å². The van der Waals surface area contributed by atoms with Gasteiger partial charge in [0, 0.05) is 19.3 Å². The van der Waals surface area contributed by atoms with E-state index in [0.29, 0.717) is 13.1 Å². The van der Waals surface area contributed by atoms with Crippen molar-refractivity contribution in [3.8, 4) is 6.07 Å². The minimum absolute atomic E-state index is 0.121. The molecule has 72 valence electrons. The fourth-order valence-electron chi connectivity index (χ4n) is 0.686. The van der Waals surface area contributed by atoms with E-state index in [1.54, 1.807) is 0 Å². The largest absolute Gasteiger partial charge is 0.390 e. The predicted octanol–water partition coefficient (Wildman–Crippen LogP) is 0.530. The molecule has 0 rings (SSSR count). The van der Waals surface area contributed by atoms with E-state index in [2.05, 4.69) is 10.6 Å². The quantitative estimate of drug-likeness (QED) is 0.480. The zero-order chi connectivity index (χ0) is 10.1. The molecule has 0 aliphatic carbocycles. The van der Waals surface area contributed by atoms with Crippen LogP contribution in [0.2, 0.25) is 0 Å². The van der Waals surface area contributed by atoms with Gasteiger partial charge < -0.3 is 10.6 Å². The summed E-state index contributed by atoms with van der Waals surface area (Å²) in [5.41, 5.74) is 0.121. The van der Waals surface area contributed by atoms with Crippen LogP contribution in [0.3, 0.4) is 0 Å². The highest BCUT2D eigenvalue weighted by atomic mass is 16.1. The Bertz CT molecular complexity index is 228. The zero-order valence-electron chi connectivity index (χ0n) is 8.05. The van der Waals surface area contributed by atoms with Crippen molar-refractivity contribution >= 4 is 5.91 Å². The van der Waals surface area contributed by atoms with E-state index in [-0.39, 0.29) is 11.5 Å². The molecular formula is C9H15N3O. The Kier molecular flexibility index (Phi) is 6.34. The normalized spacial score (nSPS) is 10.4.